The normalized spacial score (nSPS) is 19.7. The maximum atomic E-state index is 12.1. The Morgan fingerprint density at radius 2 is 2.10 bits per heavy atom. The highest BCUT2D eigenvalue weighted by atomic mass is 35.5. The number of carbonyl (C=O) groups excluding carboxylic acids is 1. The first-order valence-corrected chi connectivity index (χ1v) is 7.61. The standard InChI is InChI=1S/C16H22ClNO3/c1-10-6-14(7-11(2)16(10)17)21-9-15(20)18-5-4-13(8-18)12(3)19/h6-7,12-13,19H,4-5,8-9H2,1-3H3. The van der Waals surface area contributed by atoms with Gasteiger partial charge in [0.1, 0.15) is 5.75 Å². The largest absolute Gasteiger partial charge is 0.484 e. The van der Waals surface area contributed by atoms with Crippen LogP contribution in [0.1, 0.15) is 24.5 Å². The van der Waals surface area contributed by atoms with Crippen LogP contribution in [0, 0.1) is 19.8 Å². The molecular formula is C16H22ClNO3. The summed E-state index contributed by atoms with van der Waals surface area (Å²) >= 11 is 6.11. The van der Waals surface area contributed by atoms with E-state index in [0.717, 1.165) is 22.6 Å². The lowest BCUT2D eigenvalue weighted by Crippen LogP contribution is -2.34. The molecule has 2 rings (SSSR count). The zero-order chi connectivity index (χ0) is 15.6. The number of likely N-dealkylation sites (tertiary alicyclic amines) is 1. The molecule has 0 aliphatic carbocycles. The molecule has 5 heteroatoms. The minimum absolute atomic E-state index is 0.0209. The first-order valence-electron chi connectivity index (χ1n) is 7.24. The van der Waals surface area contributed by atoms with Crippen LogP contribution >= 0.6 is 11.6 Å². The van der Waals surface area contributed by atoms with Gasteiger partial charge in [0.15, 0.2) is 6.61 Å². The molecule has 116 valence electrons. The number of aryl methyl sites for hydroxylation is 2. The maximum Gasteiger partial charge on any atom is 0.260 e. The summed E-state index contributed by atoms with van der Waals surface area (Å²) in [6, 6.07) is 3.68. The molecule has 0 radical (unpaired) electrons. The number of ether oxygens (including phenoxy) is 1. The molecule has 1 aliphatic heterocycles. The van der Waals surface area contributed by atoms with Crippen LogP contribution in [0.15, 0.2) is 12.1 Å². The van der Waals surface area contributed by atoms with Gasteiger partial charge in [-0.3, -0.25) is 4.79 Å². The number of benzene rings is 1. The molecule has 0 bridgehead atoms. The summed E-state index contributed by atoms with van der Waals surface area (Å²) in [4.78, 5) is 13.9. The highest BCUT2D eigenvalue weighted by molar-refractivity contribution is 6.32. The van der Waals surface area contributed by atoms with Crippen LogP contribution in [0.5, 0.6) is 5.75 Å². The highest BCUT2D eigenvalue weighted by Gasteiger charge is 2.29. The zero-order valence-electron chi connectivity index (χ0n) is 12.7. The Kier molecular flexibility index (Phi) is 5.12. The van der Waals surface area contributed by atoms with Crippen molar-refractivity contribution in [2.45, 2.75) is 33.3 Å². The predicted octanol–water partition coefficient (Wildman–Crippen LogP) is 2.56. The smallest absolute Gasteiger partial charge is 0.260 e. The van der Waals surface area contributed by atoms with E-state index in [1.165, 1.54) is 0 Å². The number of rotatable bonds is 4. The number of hydrogen-bond acceptors (Lipinski definition) is 3. The Bertz CT molecular complexity index is 507. The van der Waals surface area contributed by atoms with E-state index in [-0.39, 0.29) is 24.5 Å². The van der Waals surface area contributed by atoms with Gasteiger partial charge >= 0.3 is 0 Å². The molecule has 1 aromatic rings. The second-order valence-electron chi connectivity index (χ2n) is 5.79. The van der Waals surface area contributed by atoms with Crippen LogP contribution in [0.2, 0.25) is 5.02 Å². The van der Waals surface area contributed by atoms with E-state index < -0.39 is 0 Å². The summed E-state index contributed by atoms with van der Waals surface area (Å²) in [5.74, 6) is 0.798. The molecule has 1 saturated heterocycles. The second kappa shape index (κ2) is 6.67. The van der Waals surface area contributed by atoms with Gasteiger partial charge in [-0.1, -0.05) is 11.6 Å². The van der Waals surface area contributed by atoms with Gasteiger partial charge in [0.05, 0.1) is 6.10 Å². The van der Waals surface area contributed by atoms with Crippen molar-refractivity contribution >= 4 is 17.5 Å². The Balaban J connectivity index is 1.90. The van der Waals surface area contributed by atoms with Crippen LogP contribution in [-0.2, 0) is 4.79 Å². The van der Waals surface area contributed by atoms with Crippen LogP contribution in [0.3, 0.4) is 0 Å². The number of carbonyl (C=O) groups is 1. The third kappa shape index (κ3) is 3.89. The number of nitrogens with zero attached hydrogens (tertiary/aromatic N) is 1. The number of aliphatic hydroxyl groups is 1. The summed E-state index contributed by atoms with van der Waals surface area (Å²) in [5, 5.41) is 10.3. The lowest BCUT2D eigenvalue weighted by molar-refractivity contribution is -0.132. The molecule has 2 atom stereocenters. The number of hydrogen-bond donors (Lipinski definition) is 1. The summed E-state index contributed by atoms with van der Waals surface area (Å²) < 4.78 is 5.58. The molecule has 0 aromatic heterocycles. The SMILES string of the molecule is Cc1cc(OCC(=O)N2CCC(C(C)O)C2)cc(C)c1Cl. The van der Waals surface area contributed by atoms with Gasteiger partial charge < -0.3 is 14.7 Å². The molecule has 1 amide bonds. The molecule has 2 unspecified atom stereocenters. The molecule has 1 N–H and O–H groups in total. The quantitative estimate of drug-likeness (QED) is 0.929. The van der Waals surface area contributed by atoms with E-state index in [1.807, 2.05) is 26.0 Å². The Hall–Kier alpha value is -1.26. The highest BCUT2D eigenvalue weighted by Crippen LogP contribution is 2.26. The Morgan fingerprint density at radius 1 is 1.48 bits per heavy atom. The minimum Gasteiger partial charge on any atom is -0.484 e. The van der Waals surface area contributed by atoms with E-state index in [9.17, 15) is 9.90 Å². The molecule has 1 fully saturated rings. The Morgan fingerprint density at radius 3 is 2.62 bits per heavy atom. The van der Waals surface area contributed by atoms with Gasteiger partial charge in [-0.05, 0) is 50.5 Å². The van der Waals surface area contributed by atoms with E-state index >= 15 is 0 Å². The third-order valence-electron chi connectivity index (χ3n) is 4.03. The second-order valence-corrected chi connectivity index (χ2v) is 6.17. The number of halogens is 1. The third-order valence-corrected chi connectivity index (χ3v) is 4.63. The zero-order valence-corrected chi connectivity index (χ0v) is 13.5. The van der Waals surface area contributed by atoms with Crippen molar-refractivity contribution in [3.63, 3.8) is 0 Å². The molecule has 1 aromatic carbocycles. The van der Waals surface area contributed by atoms with Crippen LogP contribution in [0.25, 0.3) is 0 Å². The fraction of sp³-hybridized carbons (Fsp3) is 0.562. The van der Waals surface area contributed by atoms with Crippen LogP contribution in [0.4, 0.5) is 0 Å². The van der Waals surface area contributed by atoms with Gasteiger partial charge in [-0.2, -0.15) is 0 Å². The summed E-state index contributed by atoms with van der Waals surface area (Å²) in [6.45, 7) is 6.92. The van der Waals surface area contributed by atoms with E-state index in [0.29, 0.717) is 18.8 Å². The number of aliphatic hydroxyl groups excluding tert-OH is 1. The molecule has 0 saturated carbocycles. The van der Waals surface area contributed by atoms with Crippen LogP contribution in [-0.4, -0.2) is 41.7 Å². The summed E-state index contributed by atoms with van der Waals surface area (Å²) in [6.07, 6.45) is 0.480. The molecule has 1 heterocycles. The van der Waals surface area contributed by atoms with Gasteiger partial charge in [0.2, 0.25) is 0 Å². The van der Waals surface area contributed by atoms with Gasteiger partial charge in [0, 0.05) is 24.0 Å². The lowest BCUT2D eigenvalue weighted by atomic mass is 10.0. The van der Waals surface area contributed by atoms with Gasteiger partial charge in [-0.25, -0.2) is 0 Å². The fourth-order valence-electron chi connectivity index (χ4n) is 2.63. The van der Waals surface area contributed by atoms with E-state index in [1.54, 1.807) is 11.8 Å². The van der Waals surface area contributed by atoms with Crippen molar-refractivity contribution in [1.29, 1.82) is 0 Å². The first-order chi connectivity index (χ1) is 9.88. The topological polar surface area (TPSA) is 49.8 Å². The average Bonchev–Trinajstić information content (AvgIpc) is 2.92. The van der Waals surface area contributed by atoms with Crippen molar-refractivity contribution in [3.8, 4) is 5.75 Å². The summed E-state index contributed by atoms with van der Waals surface area (Å²) in [7, 11) is 0. The molecular weight excluding hydrogens is 290 g/mol. The lowest BCUT2D eigenvalue weighted by Gasteiger charge is -2.18. The van der Waals surface area contributed by atoms with E-state index in [4.69, 9.17) is 16.3 Å². The first kappa shape index (κ1) is 16.1. The molecule has 21 heavy (non-hydrogen) atoms. The van der Waals surface area contributed by atoms with Gasteiger partial charge in [0.25, 0.3) is 5.91 Å². The predicted molar refractivity (Wildman–Crippen MR) is 82.8 cm³/mol. The van der Waals surface area contributed by atoms with Crippen molar-refractivity contribution in [2.75, 3.05) is 19.7 Å². The minimum atomic E-state index is -0.370. The van der Waals surface area contributed by atoms with Crippen molar-refractivity contribution < 1.29 is 14.6 Å². The Labute approximate surface area is 130 Å². The molecule has 1 aliphatic rings. The van der Waals surface area contributed by atoms with Gasteiger partial charge in [-0.15, -0.1) is 0 Å². The van der Waals surface area contributed by atoms with Crippen molar-refractivity contribution in [1.82, 2.24) is 4.90 Å². The average molecular weight is 312 g/mol. The summed E-state index contributed by atoms with van der Waals surface area (Å²) in [5.41, 5.74) is 1.88. The van der Waals surface area contributed by atoms with Crippen LogP contribution < -0.4 is 4.74 Å². The van der Waals surface area contributed by atoms with Crippen molar-refractivity contribution in [3.05, 3.63) is 28.3 Å². The molecule has 4 nitrogen and oxygen atoms in total. The number of amides is 1. The maximum absolute atomic E-state index is 12.1. The van der Waals surface area contributed by atoms with Crippen molar-refractivity contribution in [2.24, 2.45) is 5.92 Å². The van der Waals surface area contributed by atoms with E-state index in [2.05, 4.69) is 0 Å². The fourth-order valence-corrected chi connectivity index (χ4v) is 2.74. The molecule has 0 spiro atoms. The monoisotopic (exact) mass is 311 g/mol.